The van der Waals surface area contributed by atoms with E-state index in [4.69, 9.17) is 10.5 Å². The Balaban J connectivity index is 2.70. The van der Waals surface area contributed by atoms with Crippen LogP contribution >= 0.6 is 0 Å². The number of nitrogens with two attached hydrogens (primary N) is 1. The van der Waals surface area contributed by atoms with Crippen LogP contribution in [-0.4, -0.2) is 37.7 Å². The Bertz CT molecular complexity index is 402. The van der Waals surface area contributed by atoms with Crippen LogP contribution in [0.15, 0.2) is 18.2 Å². The second-order valence-corrected chi connectivity index (χ2v) is 5.70. The quantitative estimate of drug-likeness (QED) is 0.744. The zero-order chi connectivity index (χ0) is 14.5. The fourth-order valence-corrected chi connectivity index (χ4v) is 1.50. The van der Waals surface area contributed by atoms with E-state index in [-0.39, 0.29) is 5.54 Å². The van der Waals surface area contributed by atoms with Gasteiger partial charge in [0.15, 0.2) is 0 Å². The van der Waals surface area contributed by atoms with E-state index >= 15 is 0 Å². The summed E-state index contributed by atoms with van der Waals surface area (Å²) in [7, 11) is 4.16. The van der Waals surface area contributed by atoms with Crippen molar-refractivity contribution in [3.63, 3.8) is 0 Å². The summed E-state index contributed by atoms with van der Waals surface area (Å²) < 4.78 is 5.63. The molecular formula is C15H27N3O. The predicted octanol–water partition coefficient (Wildman–Crippen LogP) is 2.81. The van der Waals surface area contributed by atoms with E-state index in [0.29, 0.717) is 6.61 Å². The summed E-state index contributed by atoms with van der Waals surface area (Å²) in [6, 6.07) is 5.79. The first-order valence-electron chi connectivity index (χ1n) is 6.80. The third-order valence-electron chi connectivity index (χ3n) is 3.34. The van der Waals surface area contributed by atoms with E-state index in [1.54, 1.807) is 0 Å². The van der Waals surface area contributed by atoms with Crippen LogP contribution < -0.4 is 15.8 Å². The molecule has 0 aliphatic carbocycles. The summed E-state index contributed by atoms with van der Waals surface area (Å²) in [4.78, 5) is 2.20. The maximum Gasteiger partial charge on any atom is 0.123 e. The molecule has 0 spiro atoms. The molecule has 0 amide bonds. The Hall–Kier alpha value is -1.42. The SMILES string of the molecule is CCCOc1cc(N)cc(NCC(C)(C)N(C)C)c1. The second kappa shape index (κ2) is 6.66. The summed E-state index contributed by atoms with van der Waals surface area (Å²) >= 11 is 0. The molecule has 0 heterocycles. The van der Waals surface area contributed by atoms with Crippen molar-refractivity contribution in [3.05, 3.63) is 18.2 Å². The van der Waals surface area contributed by atoms with Crippen molar-refractivity contribution in [2.45, 2.75) is 32.7 Å². The van der Waals surface area contributed by atoms with Crippen LogP contribution in [0.1, 0.15) is 27.2 Å². The highest BCUT2D eigenvalue weighted by Crippen LogP contribution is 2.23. The van der Waals surface area contributed by atoms with E-state index in [1.807, 2.05) is 18.2 Å². The number of hydrogen-bond donors (Lipinski definition) is 2. The fraction of sp³-hybridized carbons (Fsp3) is 0.600. The molecular weight excluding hydrogens is 238 g/mol. The number of nitrogen functional groups attached to an aromatic ring is 1. The smallest absolute Gasteiger partial charge is 0.123 e. The molecule has 0 unspecified atom stereocenters. The molecule has 0 fully saturated rings. The topological polar surface area (TPSA) is 50.5 Å². The van der Waals surface area contributed by atoms with E-state index in [9.17, 15) is 0 Å². The molecule has 108 valence electrons. The van der Waals surface area contributed by atoms with Gasteiger partial charge in [0, 0.05) is 35.6 Å². The molecule has 0 saturated heterocycles. The van der Waals surface area contributed by atoms with Gasteiger partial charge in [0.2, 0.25) is 0 Å². The molecule has 0 bridgehead atoms. The molecule has 0 atom stereocenters. The number of rotatable bonds is 7. The van der Waals surface area contributed by atoms with Gasteiger partial charge in [-0.2, -0.15) is 0 Å². The Morgan fingerprint density at radius 1 is 1.26 bits per heavy atom. The molecule has 3 N–H and O–H groups in total. The summed E-state index contributed by atoms with van der Waals surface area (Å²) in [5, 5.41) is 3.42. The van der Waals surface area contributed by atoms with Crippen LogP contribution in [0.3, 0.4) is 0 Å². The summed E-state index contributed by atoms with van der Waals surface area (Å²) in [5.41, 5.74) is 7.70. The standard InChI is InChI=1S/C15H27N3O/c1-6-7-19-14-9-12(16)8-13(10-14)17-11-15(2,3)18(4)5/h8-10,17H,6-7,11,16H2,1-5H3. The van der Waals surface area contributed by atoms with Crippen LogP contribution in [0.25, 0.3) is 0 Å². The minimum Gasteiger partial charge on any atom is -0.493 e. The zero-order valence-electron chi connectivity index (χ0n) is 12.8. The minimum atomic E-state index is 0.0784. The Morgan fingerprint density at radius 2 is 1.95 bits per heavy atom. The normalized spacial score (nSPS) is 11.7. The first-order chi connectivity index (χ1) is 8.85. The van der Waals surface area contributed by atoms with Gasteiger partial charge in [0.25, 0.3) is 0 Å². The van der Waals surface area contributed by atoms with Crippen molar-refractivity contribution in [2.75, 3.05) is 38.3 Å². The highest BCUT2D eigenvalue weighted by atomic mass is 16.5. The van der Waals surface area contributed by atoms with Gasteiger partial charge in [-0.15, -0.1) is 0 Å². The number of likely N-dealkylation sites (N-methyl/N-ethyl adjacent to an activating group) is 1. The molecule has 0 radical (unpaired) electrons. The Kier molecular flexibility index (Phi) is 5.48. The van der Waals surface area contributed by atoms with E-state index in [0.717, 1.165) is 30.1 Å². The lowest BCUT2D eigenvalue weighted by molar-refractivity contribution is 0.210. The van der Waals surface area contributed by atoms with E-state index in [1.165, 1.54) is 0 Å². The maximum atomic E-state index is 5.90. The lowest BCUT2D eigenvalue weighted by Crippen LogP contribution is -2.44. The van der Waals surface area contributed by atoms with Gasteiger partial charge in [-0.25, -0.2) is 0 Å². The molecule has 19 heavy (non-hydrogen) atoms. The molecule has 1 aromatic carbocycles. The monoisotopic (exact) mass is 265 g/mol. The van der Waals surface area contributed by atoms with Crippen molar-refractivity contribution in [3.8, 4) is 5.75 Å². The number of ether oxygens (including phenoxy) is 1. The minimum absolute atomic E-state index is 0.0784. The molecule has 0 aromatic heterocycles. The summed E-state index contributed by atoms with van der Waals surface area (Å²) in [6.45, 7) is 8.04. The van der Waals surface area contributed by atoms with Crippen LogP contribution in [0.4, 0.5) is 11.4 Å². The predicted molar refractivity (Wildman–Crippen MR) is 82.9 cm³/mol. The molecule has 0 aliphatic rings. The number of anilines is 2. The fourth-order valence-electron chi connectivity index (χ4n) is 1.50. The van der Waals surface area contributed by atoms with Crippen molar-refractivity contribution < 1.29 is 4.74 Å². The van der Waals surface area contributed by atoms with Gasteiger partial charge in [-0.1, -0.05) is 6.92 Å². The second-order valence-electron chi connectivity index (χ2n) is 5.70. The number of nitrogens with zero attached hydrogens (tertiary/aromatic N) is 1. The molecule has 1 aromatic rings. The van der Waals surface area contributed by atoms with Gasteiger partial charge in [0.05, 0.1) is 6.61 Å². The van der Waals surface area contributed by atoms with Crippen molar-refractivity contribution in [1.29, 1.82) is 0 Å². The molecule has 4 heteroatoms. The highest BCUT2D eigenvalue weighted by Gasteiger charge is 2.19. The summed E-state index contributed by atoms with van der Waals surface area (Å²) in [6.07, 6.45) is 0.991. The van der Waals surface area contributed by atoms with Crippen LogP contribution in [0.2, 0.25) is 0 Å². The molecule has 4 nitrogen and oxygen atoms in total. The first kappa shape index (κ1) is 15.6. The lowest BCUT2D eigenvalue weighted by Gasteiger charge is -2.33. The van der Waals surface area contributed by atoms with E-state index in [2.05, 4.69) is 45.1 Å². The van der Waals surface area contributed by atoms with Crippen molar-refractivity contribution in [1.82, 2.24) is 4.90 Å². The van der Waals surface area contributed by atoms with Crippen molar-refractivity contribution >= 4 is 11.4 Å². The molecule has 1 rings (SSSR count). The van der Waals surface area contributed by atoms with Gasteiger partial charge in [-0.3, -0.25) is 0 Å². The van der Waals surface area contributed by atoms with Crippen LogP contribution in [0.5, 0.6) is 5.75 Å². The van der Waals surface area contributed by atoms with Gasteiger partial charge >= 0.3 is 0 Å². The average Bonchev–Trinajstić information content (AvgIpc) is 2.33. The third kappa shape index (κ3) is 4.99. The molecule has 0 aliphatic heterocycles. The Labute approximate surface area is 116 Å². The highest BCUT2D eigenvalue weighted by molar-refractivity contribution is 5.59. The lowest BCUT2D eigenvalue weighted by atomic mass is 10.0. The number of nitrogens with one attached hydrogen (secondary N) is 1. The summed E-state index contributed by atoms with van der Waals surface area (Å²) in [5.74, 6) is 0.826. The number of hydrogen-bond acceptors (Lipinski definition) is 4. The van der Waals surface area contributed by atoms with E-state index < -0.39 is 0 Å². The van der Waals surface area contributed by atoms with Crippen molar-refractivity contribution in [2.24, 2.45) is 0 Å². The zero-order valence-corrected chi connectivity index (χ0v) is 12.8. The van der Waals surface area contributed by atoms with Crippen LogP contribution in [-0.2, 0) is 0 Å². The largest absolute Gasteiger partial charge is 0.493 e. The first-order valence-corrected chi connectivity index (χ1v) is 6.80. The van der Waals surface area contributed by atoms with Gasteiger partial charge < -0.3 is 20.7 Å². The third-order valence-corrected chi connectivity index (χ3v) is 3.34. The van der Waals surface area contributed by atoms with Gasteiger partial charge in [0.1, 0.15) is 5.75 Å². The maximum absolute atomic E-state index is 5.90. The average molecular weight is 265 g/mol. The van der Waals surface area contributed by atoms with Gasteiger partial charge in [-0.05, 0) is 40.4 Å². The molecule has 0 saturated carbocycles. The van der Waals surface area contributed by atoms with Crippen LogP contribution in [0, 0.1) is 0 Å². The number of benzene rings is 1. The Morgan fingerprint density at radius 3 is 2.53 bits per heavy atom.